The Bertz CT molecular complexity index is 278. The maximum Gasteiger partial charge on any atom is 0.00541 e. The average molecular weight is 225 g/mol. The lowest BCUT2D eigenvalue weighted by molar-refractivity contribution is 0.273. The largest absolute Gasteiger partial charge is 0.330 e. The zero-order valence-corrected chi connectivity index (χ0v) is 11.0. The van der Waals surface area contributed by atoms with E-state index >= 15 is 0 Å². The van der Waals surface area contributed by atoms with Gasteiger partial charge in [0.25, 0.3) is 0 Å². The summed E-state index contributed by atoms with van der Waals surface area (Å²) in [6, 6.07) is 4.53. The molecule has 1 aromatic rings. The first kappa shape index (κ1) is 12.7. The molecule has 86 valence electrons. The third kappa shape index (κ3) is 3.05. The third-order valence-corrected chi connectivity index (χ3v) is 4.78. The highest BCUT2D eigenvalue weighted by Crippen LogP contribution is 2.32. The fraction of sp³-hybridized carbons (Fsp3) is 0.692. The molecule has 0 aliphatic heterocycles. The second-order valence-electron chi connectivity index (χ2n) is 4.31. The predicted molar refractivity (Wildman–Crippen MR) is 69.5 cm³/mol. The van der Waals surface area contributed by atoms with Crippen molar-refractivity contribution in [2.75, 3.05) is 6.54 Å². The summed E-state index contributed by atoms with van der Waals surface area (Å²) in [5.41, 5.74) is 6.25. The molecule has 0 saturated carbocycles. The molecular weight excluding hydrogens is 202 g/mol. The standard InChI is InChI=1S/C13H23NS/c1-4-11-7-8-12(15-11)9-13(5-2,6-3)10-14/h7-8H,4-6,9-10,14H2,1-3H3. The van der Waals surface area contributed by atoms with Gasteiger partial charge in [0, 0.05) is 9.75 Å². The van der Waals surface area contributed by atoms with Gasteiger partial charge in [0.2, 0.25) is 0 Å². The van der Waals surface area contributed by atoms with Crippen LogP contribution in [0.25, 0.3) is 0 Å². The van der Waals surface area contributed by atoms with Crippen molar-refractivity contribution in [3.05, 3.63) is 21.9 Å². The number of thiophene rings is 1. The molecule has 0 unspecified atom stereocenters. The Hall–Kier alpha value is -0.340. The van der Waals surface area contributed by atoms with E-state index in [1.165, 1.54) is 22.6 Å². The molecule has 0 spiro atoms. The summed E-state index contributed by atoms with van der Waals surface area (Å²) >= 11 is 1.95. The maximum atomic E-state index is 5.92. The van der Waals surface area contributed by atoms with E-state index < -0.39 is 0 Å². The molecule has 0 radical (unpaired) electrons. The van der Waals surface area contributed by atoms with Crippen LogP contribution in [-0.4, -0.2) is 6.54 Å². The fourth-order valence-electron chi connectivity index (χ4n) is 1.94. The van der Waals surface area contributed by atoms with Gasteiger partial charge >= 0.3 is 0 Å². The monoisotopic (exact) mass is 225 g/mol. The minimum atomic E-state index is 0.329. The third-order valence-electron chi connectivity index (χ3n) is 3.55. The SMILES string of the molecule is CCc1ccc(CC(CC)(CC)CN)s1. The number of hydrogen-bond donors (Lipinski definition) is 1. The van der Waals surface area contributed by atoms with Crippen LogP contribution in [0.2, 0.25) is 0 Å². The zero-order valence-electron chi connectivity index (χ0n) is 10.2. The Morgan fingerprint density at radius 1 is 1.13 bits per heavy atom. The molecule has 2 heteroatoms. The number of hydrogen-bond acceptors (Lipinski definition) is 2. The van der Waals surface area contributed by atoms with Crippen molar-refractivity contribution in [2.24, 2.45) is 11.1 Å². The smallest absolute Gasteiger partial charge is 0.00541 e. The Kier molecular flexibility index (Phi) is 4.81. The van der Waals surface area contributed by atoms with E-state index in [0.29, 0.717) is 5.41 Å². The minimum absolute atomic E-state index is 0.329. The van der Waals surface area contributed by atoms with Crippen LogP contribution in [0.3, 0.4) is 0 Å². The summed E-state index contributed by atoms with van der Waals surface area (Å²) in [6.07, 6.45) is 4.67. The second kappa shape index (κ2) is 5.66. The summed E-state index contributed by atoms with van der Waals surface area (Å²) in [4.78, 5) is 2.99. The second-order valence-corrected chi connectivity index (χ2v) is 5.56. The maximum absolute atomic E-state index is 5.92. The molecule has 0 amide bonds. The molecule has 0 bridgehead atoms. The molecule has 1 rings (SSSR count). The molecule has 1 aromatic heterocycles. The van der Waals surface area contributed by atoms with Crippen LogP contribution in [-0.2, 0) is 12.8 Å². The van der Waals surface area contributed by atoms with Crippen molar-refractivity contribution >= 4 is 11.3 Å². The first-order chi connectivity index (χ1) is 7.19. The highest BCUT2D eigenvalue weighted by Gasteiger charge is 2.25. The Labute approximate surface area is 97.7 Å². The van der Waals surface area contributed by atoms with Crippen LogP contribution in [0.15, 0.2) is 12.1 Å². The molecular formula is C13H23NS. The summed E-state index contributed by atoms with van der Waals surface area (Å²) in [5, 5.41) is 0. The molecule has 0 aliphatic carbocycles. The van der Waals surface area contributed by atoms with Crippen molar-refractivity contribution in [3.8, 4) is 0 Å². The predicted octanol–water partition coefficient (Wildman–Crippen LogP) is 3.62. The zero-order chi connectivity index (χ0) is 11.3. The number of rotatable bonds is 6. The molecule has 0 aromatic carbocycles. The van der Waals surface area contributed by atoms with Crippen LogP contribution < -0.4 is 5.73 Å². The van der Waals surface area contributed by atoms with Gasteiger partial charge in [-0.3, -0.25) is 0 Å². The Morgan fingerprint density at radius 3 is 2.13 bits per heavy atom. The molecule has 15 heavy (non-hydrogen) atoms. The number of nitrogens with two attached hydrogens (primary N) is 1. The van der Waals surface area contributed by atoms with Crippen LogP contribution in [0.4, 0.5) is 0 Å². The van der Waals surface area contributed by atoms with Crippen LogP contribution >= 0.6 is 11.3 Å². The number of aryl methyl sites for hydroxylation is 1. The van der Waals surface area contributed by atoms with Crippen molar-refractivity contribution in [1.29, 1.82) is 0 Å². The van der Waals surface area contributed by atoms with Crippen molar-refractivity contribution in [3.63, 3.8) is 0 Å². The van der Waals surface area contributed by atoms with Gasteiger partial charge in [-0.25, -0.2) is 0 Å². The Balaban J connectivity index is 2.73. The van der Waals surface area contributed by atoms with Gasteiger partial charge in [0.05, 0.1) is 0 Å². The van der Waals surface area contributed by atoms with E-state index in [1.807, 2.05) is 11.3 Å². The highest BCUT2D eigenvalue weighted by atomic mass is 32.1. The molecule has 0 aliphatic rings. The van der Waals surface area contributed by atoms with Gasteiger partial charge in [0.15, 0.2) is 0 Å². The van der Waals surface area contributed by atoms with E-state index in [9.17, 15) is 0 Å². The molecule has 0 atom stereocenters. The van der Waals surface area contributed by atoms with Crippen LogP contribution in [0.5, 0.6) is 0 Å². The molecule has 0 fully saturated rings. The van der Waals surface area contributed by atoms with E-state index in [2.05, 4.69) is 32.9 Å². The van der Waals surface area contributed by atoms with Gasteiger partial charge in [-0.05, 0) is 49.8 Å². The topological polar surface area (TPSA) is 26.0 Å². The summed E-state index contributed by atoms with van der Waals surface area (Å²) in [7, 11) is 0. The van der Waals surface area contributed by atoms with Gasteiger partial charge in [-0.2, -0.15) is 0 Å². The molecule has 0 saturated heterocycles. The normalized spacial score (nSPS) is 12.0. The lowest BCUT2D eigenvalue weighted by atomic mass is 9.79. The summed E-state index contributed by atoms with van der Waals surface area (Å²) in [5.74, 6) is 0. The molecule has 1 nitrogen and oxygen atoms in total. The average Bonchev–Trinajstić information content (AvgIpc) is 2.73. The van der Waals surface area contributed by atoms with Gasteiger partial charge in [-0.1, -0.05) is 20.8 Å². The first-order valence-electron chi connectivity index (χ1n) is 5.97. The van der Waals surface area contributed by atoms with E-state index in [1.54, 1.807) is 0 Å². The highest BCUT2D eigenvalue weighted by molar-refractivity contribution is 7.11. The Morgan fingerprint density at radius 2 is 1.73 bits per heavy atom. The van der Waals surface area contributed by atoms with Crippen molar-refractivity contribution in [2.45, 2.75) is 46.5 Å². The van der Waals surface area contributed by atoms with Crippen molar-refractivity contribution < 1.29 is 0 Å². The summed E-state index contributed by atoms with van der Waals surface area (Å²) in [6.45, 7) is 7.53. The lowest BCUT2D eigenvalue weighted by Crippen LogP contribution is -2.31. The van der Waals surface area contributed by atoms with E-state index in [0.717, 1.165) is 19.4 Å². The lowest BCUT2D eigenvalue weighted by Gasteiger charge is -2.29. The van der Waals surface area contributed by atoms with Gasteiger partial charge in [0.1, 0.15) is 0 Å². The van der Waals surface area contributed by atoms with Crippen LogP contribution in [0, 0.1) is 5.41 Å². The quantitative estimate of drug-likeness (QED) is 0.786. The van der Waals surface area contributed by atoms with E-state index in [4.69, 9.17) is 5.73 Å². The molecule has 1 heterocycles. The molecule has 2 N–H and O–H groups in total. The van der Waals surface area contributed by atoms with Crippen molar-refractivity contribution in [1.82, 2.24) is 0 Å². The minimum Gasteiger partial charge on any atom is -0.330 e. The van der Waals surface area contributed by atoms with E-state index in [-0.39, 0.29) is 0 Å². The fourth-order valence-corrected chi connectivity index (χ4v) is 3.07. The van der Waals surface area contributed by atoms with Gasteiger partial charge < -0.3 is 5.73 Å². The van der Waals surface area contributed by atoms with Crippen LogP contribution in [0.1, 0.15) is 43.4 Å². The van der Waals surface area contributed by atoms with Gasteiger partial charge in [-0.15, -0.1) is 11.3 Å². The summed E-state index contributed by atoms with van der Waals surface area (Å²) < 4.78 is 0. The first-order valence-corrected chi connectivity index (χ1v) is 6.79.